The molecule has 0 saturated heterocycles. The Balaban J connectivity index is 1.93. The fraction of sp³-hybridized carbons (Fsp3) is 0.158. The van der Waals surface area contributed by atoms with E-state index in [1.54, 1.807) is 43.5 Å². The van der Waals surface area contributed by atoms with Gasteiger partial charge in [0.1, 0.15) is 11.6 Å². The second-order valence-electron chi connectivity index (χ2n) is 5.97. The maximum atomic E-state index is 12.7. The van der Waals surface area contributed by atoms with Gasteiger partial charge in [0, 0.05) is 4.47 Å². The van der Waals surface area contributed by atoms with E-state index in [2.05, 4.69) is 48.6 Å². The Bertz CT molecular complexity index is 1160. The first kappa shape index (κ1) is 20.5. The molecule has 1 N–H and O–H groups in total. The van der Waals surface area contributed by atoms with Crippen molar-refractivity contribution in [2.24, 2.45) is 5.10 Å². The number of benzene rings is 2. The number of fused-ring (bicyclic) bond motifs is 1. The lowest BCUT2D eigenvalue weighted by Gasteiger charge is -2.12. The predicted octanol–water partition coefficient (Wildman–Crippen LogP) is 3.81. The molecule has 7 nitrogen and oxygen atoms in total. The van der Waals surface area contributed by atoms with E-state index in [1.807, 2.05) is 6.07 Å². The van der Waals surface area contributed by atoms with Gasteiger partial charge in [-0.25, -0.2) is 9.78 Å². The third-order valence-electron chi connectivity index (χ3n) is 3.90. The zero-order valence-corrected chi connectivity index (χ0v) is 18.6. The molecule has 0 aliphatic rings. The van der Waals surface area contributed by atoms with Crippen LogP contribution >= 0.6 is 38.5 Å². The van der Waals surface area contributed by atoms with E-state index in [4.69, 9.17) is 9.84 Å². The molecule has 0 spiro atoms. The maximum absolute atomic E-state index is 12.7. The summed E-state index contributed by atoms with van der Waals surface area (Å²) in [5, 5.41) is 13.7. The zero-order chi connectivity index (χ0) is 20.4. The minimum Gasteiger partial charge on any atom is -0.479 e. The van der Waals surface area contributed by atoms with E-state index in [0.29, 0.717) is 22.5 Å². The molecule has 0 radical (unpaired) electrons. The Labute approximate surface area is 182 Å². The van der Waals surface area contributed by atoms with Gasteiger partial charge < -0.3 is 9.84 Å². The monoisotopic (exact) mass is 555 g/mol. The Morgan fingerprint density at radius 2 is 2.11 bits per heavy atom. The average Bonchev–Trinajstić information content (AvgIpc) is 2.64. The lowest BCUT2D eigenvalue weighted by molar-refractivity contribution is -0.144. The molecular formula is C19H15BrIN3O4. The molecule has 2 aromatic carbocycles. The van der Waals surface area contributed by atoms with E-state index < -0.39 is 12.1 Å². The van der Waals surface area contributed by atoms with Gasteiger partial charge in [0.2, 0.25) is 0 Å². The fourth-order valence-electron chi connectivity index (χ4n) is 2.45. The van der Waals surface area contributed by atoms with E-state index in [-0.39, 0.29) is 5.56 Å². The second kappa shape index (κ2) is 8.39. The van der Waals surface area contributed by atoms with Crippen molar-refractivity contribution in [3.05, 3.63) is 66.2 Å². The Kier molecular flexibility index (Phi) is 6.14. The number of halogens is 2. The number of carbonyl (C=O) groups is 1. The van der Waals surface area contributed by atoms with Crippen LogP contribution in [0.25, 0.3) is 10.9 Å². The molecule has 0 unspecified atom stereocenters. The third-order valence-corrected chi connectivity index (χ3v) is 5.24. The van der Waals surface area contributed by atoms with E-state index in [9.17, 15) is 9.59 Å². The molecule has 0 fully saturated rings. The largest absolute Gasteiger partial charge is 0.479 e. The van der Waals surface area contributed by atoms with E-state index in [1.165, 1.54) is 11.6 Å². The molecule has 28 heavy (non-hydrogen) atoms. The number of hydrogen-bond donors (Lipinski definition) is 1. The van der Waals surface area contributed by atoms with Gasteiger partial charge in [-0.15, -0.1) is 0 Å². The van der Waals surface area contributed by atoms with Crippen molar-refractivity contribution in [1.82, 2.24) is 9.66 Å². The molecule has 0 aliphatic carbocycles. The highest BCUT2D eigenvalue weighted by atomic mass is 127. The molecule has 0 bridgehead atoms. The SMILES string of the molecule is Cc1nc2ccc(Br)cc2c(=O)n1N=Cc1ccc(O[C@@H](C)C(=O)O)c(I)c1. The molecule has 9 heteroatoms. The molecule has 3 rings (SSSR count). The van der Waals surface area contributed by atoms with Gasteiger partial charge >= 0.3 is 5.97 Å². The van der Waals surface area contributed by atoms with Crippen molar-refractivity contribution >= 4 is 61.6 Å². The van der Waals surface area contributed by atoms with Gasteiger partial charge in [0.25, 0.3) is 5.56 Å². The molecule has 1 atom stereocenters. The third kappa shape index (κ3) is 4.41. The summed E-state index contributed by atoms with van der Waals surface area (Å²) in [6.45, 7) is 3.18. The summed E-state index contributed by atoms with van der Waals surface area (Å²) in [4.78, 5) is 28.1. The van der Waals surface area contributed by atoms with Crippen molar-refractivity contribution < 1.29 is 14.6 Å². The molecular weight excluding hydrogens is 541 g/mol. The Morgan fingerprint density at radius 3 is 2.79 bits per heavy atom. The summed E-state index contributed by atoms with van der Waals surface area (Å²) < 4.78 is 8.18. The van der Waals surface area contributed by atoms with Crippen LogP contribution in [0.15, 0.2) is 50.8 Å². The smallest absolute Gasteiger partial charge is 0.344 e. The molecule has 0 saturated carbocycles. The van der Waals surface area contributed by atoms with Crippen molar-refractivity contribution in [1.29, 1.82) is 0 Å². The topological polar surface area (TPSA) is 93.8 Å². The van der Waals surface area contributed by atoms with Gasteiger partial charge in [-0.1, -0.05) is 15.9 Å². The molecule has 1 aromatic heterocycles. The van der Waals surface area contributed by atoms with Crippen LogP contribution in [0.4, 0.5) is 0 Å². The van der Waals surface area contributed by atoms with Crippen molar-refractivity contribution in [3.63, 3.8) is 0 Å². The van der Waals surface area contributed by atoms with Crippen LogP contribution in [0, 0.1) is 10.5 Å². The first-order valence-corrected chi connectivity index (χ1v) is 10.1. The van der Waals surface area contributed by atoms with E-state index >= 15 is 0 Å². The minimum atomic E-state index is -1.04. The van der Waals surface area contributed by atoms with Gasteiger partial charge in [-0.3, -0.25) is 4.79 Å². The lowest BCUT2D eigenvalue weighted by atomic mass is 10.2. The summed E-state index contributed by atoms with van der Waals surface area (Å²) >= 11 is 5.42. The number of carboxylic acids is 1. The van der Waals surface area contributed by atoms with Crippen molar-refractivity contribution in [2.75, 3.05) is 0 Å². The highest BCUT2D eigenvalue weighted by Gasteiger charge is 2.14. The number of aliphatic carboxylic acids is 1. The molecule has 0 aliphatic heterocycles. The summed E-state index contributed by atoms with van der Waals surface area (Å²) in [5.74, 6) is -0.0917. The molecule has 3 aromatic rings. The number of rotatable bonds is 5. The van der Waals surface area contributed by atoms with Crippen LogP contribution in [0.3, 0.4) is 0 Å². The number of ether oxygens (including phenoxy) is 1. The van der Waals surface area contributed by atoms with Gasteiger partial charge in [0.05, 0.1) is 20.7 Å². The molecule has 144 valence electrons. The van der Waals surface area contributed by atoms with Crippen LogP contribution in [0.2, 0.25) is 0 Å². The summed E-state index contributed by atoms with van der Waals surface area (Å²) in [5.41, 5.74) is 1.09. The van der Waals surface area contributed by atoms with Gasteiger partial charge in [-0.2, -0.15) is 9.78 Å². The maximum Gasteiger partial charge on any atom is 0.344 e. The number of nitrogens with zero attached hydrogens (tertiary/aromatic N) is 3. The van der Waals surface area contributed by atoms with E-state index in [0.717, 1.165) is 13.6 Å². The number of aromatic nitrogens is 2. The number of hydrogen-bond acceptors (Lipinski definition) is 5. The predicted molar refractivity (Wildman–Crippen MR) is 118 cm³/mol. The summed E-state index contributed by atoms with van der Waals surface area (Å²) in [6, 6.07) is 10.5. The minimum absolute atomic E-state index is 0.259. The molecule has 0 amide bonds. The summed E-state index contributed by atoms with van der Waals surface area (Å²) in [7, 11) is 0. The van der Waals surface area contributed by atoms with Crippen LogP contribution in [0.1, 0.15) is 18.3 Å². The Morgan fingerprint density at radius 1 is 1.36 bits per heavy atom. The van der Waals surface area contributed by atoms with Crippen molar-refractivity contribution in [2.45, 2.75) is 20.0 Å². The zero-order valence-electron chi connectivity index (χ0n) is 14.9. The fourth-order valence-corrected chi connectivity index (χ4v) is 3.48. The van der Waals surface area contributed by atoms with Crippen molar-refractivity contribution in [3.8, 4) is 5.75 Å². The van der Waals surface area contributed by atoms with Crippen LogP contribution in [0.5, 0.6) is 5.75 Å². The van der Waals surface area contributed by atoms with Crippen LogP contribution < -0.4 is 10.3 Å². The highest BCUT2D eigenvalue weighted by Crippen LogP contribution is 2.23. The van der Waals surface area contributed by atoms with Gasteiger partial charge in [0.15, 0.2) is 6.10 Å². The number of aryl methyl sites for hydroxylation is 1. The first-order valence-electron chi connectivity index (χ1n) is 8.18. The van der Waals surface area contributed by atoms with Gasteiger partial charge in [-0.05, 0) is 78.4 Å². The normalized spacial score (nSPS) is 12.4. The Hall–Kier alpha value is -2.27. The lowest BCUT2D eigenvalue weighted by Crippen LogP contribution is -2.23. The highest BCUT2D eigenvalue weighted by molar-refractivity contribution is 14.1. The molecule has 1 heterocycles. The average molecular weight is 556 g/mol. The first-order chi connectivity index (χ1) is 13.3. The number of carboxylic acid groups (broad SMARTS) is 1. The quantitative estimate of drug-likeness (QED) is 0.382. The van der Waals surface area contributed by atoms with Crippen LogP contribution in [-0.2, 0) is 4.79 Å². The standard InChI is InChI=1S/C19H15BrIN3O4/c1-10(19(26)27)28-17-6-3-12(7-15(17)21)9-22-24-11(2)23-16-5-4-13(20)8-14(16)18(24)25/h3-10H,1-2H3,(H,26,27)/t10-/m0/s1. The van der Waals surface area contributed by atoms with Crippen LogP contribution in [-0.4, -0.2) is 33.1 Å². The summed E-state index contributed by atoms with van der Waals surface area (Å²) in [6.07, 6.45) is 0.601. The second-order valence-corrected chi connectivity index (χ2v) is 8.05.